The Morgan fingerprint density at radius 2 is 2.35 bits per heavy atom. The van der Waals surface area contributed by atoms with E-state index in [0.717, 1.165) is 11.4 Å². The van der Waals surface area contributed by atoms with Crippen LogP contribution in [0, 0.1) is 6.92 Å². The lowest BCUT2D eigenvalue weighted by molar-refractivity contribution is -0.111. The lowest BCUT2D eigenvalue weighted by Crippen LogP contribution is -2.07. The number of hydrogen-bond donors (Lipinski definition) is 1. The molecule has 2 aromatic heterocycles. The van der Waals surface area contributed by atoms with Crippen molar-refractivity contribution in [1.29, 1.82) is 0 Å². The summed E-state index contributed by atoms with van der Waals surface area (Å²) in [6, 6.07) is 7.09. The number of hydrogen-bond acceptors (Lipinski definition) is 3. The van der Waals surface area contributed by atoms with Crippen LogP contribution in [-0.4, -0.2) is 10.9 Å². The standard InChI is InChI=1S/C13H12N2O2/c1-10-9-11(6-7-14-10)15-13(16)5-4-12-3-2-8-17-12/h2-9H,1H3,(H,14,15,16). The molecule has 0 aliphatic rings. The van der Waals surface area contributed by atoms with E-state index < -0.39 is 0 Å². The minimum Gasteiger partial charge on any atom is -0.465 e. The number of nitrogens with zero attached hydrogens (tertiary/aromatic N) is 1. The molecule has 0 saturated heterocycles. The number of pyridine rings is 1. The predicted molar refractivity (Wildman–Crippen MR) is 65.3 cm³/mol. The Morgan fingerprint density at radius 3 is 3.06 bits per heavy atom. The largest absolute Gasteiger partial charge is 0.465 e. The summed E-state index contributed by atoms with van der Waals surface area (Å²) in [6.45, 7) is 1.87. The Kier molecular flexibility index (Phi) is 3.35. The van der Waals surface area contributed by atoms with E-state index in [1.54, 1.807) is 42.8 Å². The summed E-state index contributed by atoms with van der Waals surface area (Å²) in [5.74, 6) is 0.443. The van der Waals surface area contributed by atoms with E-state index in [-0.39, 0.29) is 5.91 Å². The van der Waals surface area contributed by atoms with Gasteiger partial charge >= 0.3 is 0 Å². The fraction of sp³-hybridized carbons (Fsp3) is 0.0769. The van der Waals surface area contributed by atoms with Gasteiger partial charge in [-0.3, -0.25) is 9.78 Å². The average molecular weight is 228 g/mol. The zero-order valence-corrected chi connectivity index (χ0v) is 9.38. The van der Waals surface area contributed by atoms with Crippen LogP contribution in [0.3, 0.4) is 0 Å². The van der Waals surface area contributed by atoms with Gasteiger partial charge in [0.25, 0.3) is 0 Å². The third kappa shape index (κ3) is 3.31. The molecule has 2 rings (SSSR count). The van der Waals surface area contributed by atoms with Crippen molar-refractivity contribution in [2.75, 3.05) is 5.32 Å². The van der Waals surface area contributed by atoms with Gasteiger partial charge in [-0.25, -0.2) is 0 Å². The Bertz CT molecular complexity index is 530. The monoisotopic (exact) mass is 228 g/mol. The molecule has 2 heterocycles. The van der Waals surface area contributed by atoms with Crippen molar-refractivity contribution in [1.82, 2.24) is 4.98 Å². The summed E-state index contributed by atoms with van der Waals surface area (Å²) >= 11 is 0. The maximum absolute atomic E-state index is 11.6. The summed E-state index contributed by atoms with van der Waals surface area (Å²) in [4.78, 5) is 15.6. The van der Waals surface area contributed by atoms with E-state index in [9.17, 15) is 4.79 Å². The number of carbonyl (C=O) groups excluding carboxylic acids is 1. The average Bonchev–Trinajstić information content (AvgIpc) is 2.79. The molecular formula is C13H12N2O2. The number of nitrogens with one attached hydrogen (secondary N) is 1. The first-order valence-corrected chi connectivity index (χ1v) is 5.19. The Hall–Kier alpha value is -2.36. The van der Waals surface area contributed by atoms with Crippen molar-refractivity contribution < 1.29 is 9.21 Å². The number of rotatable bonds is 3. The second kappa shape index (κ2) is 5.12. The van der Waals surface area contributed by atoms with Gasteiger partial charge in [0.1, 0.15) is 5.76 Å². The van der Waals surface area contributed by atoms with Gasteiger partial charge in [-0.2, -0.15) is 0 Å². The number of amides is 1. The van der Waals surface area contributed by atoms with Crippen LogP contribution in [0.1, 0.15) is 11.5 Å². The van der Waals surface area contributed by atoms with Crippen molar-refractivity contribution in [3.63, 3.8) is 0 Å². The Balaban J connectivity index is 1.98. The van der Waals surface area contributed by atoms with E-state index in [4.69, 9.17) is 4.42 Å². The molecule has 0 atom stereocenters. The number of aryl methyl sites for hydroxylation is 1. The van der Waals surface area contributed by atoms with Gasteiger partial charge in [0.05, 0.1) is 6.26 Å². The molecule has 1 amide bonds. The number of furan rings is 1. The van der Waals surface area contributed by atoms with E-state index >= 15 is 0 Å². The van der Waals surface area contributed by atoms with E-state index in [0.29, 0.717) is 5.76 Å². The topological polar surface area (TPSA) is 55.1 Å². The normalized spacial score (nSPS) is 10.6. The van der Waals surface area contributed by atoms with E-state index in [2.05, 4.69) is 10.3 Å². The fourth-order valence-corrected chi connectivity index (χ4v) is 1.35. The van der Waals surface area contributed by atoms with Crippen molar-refractivity contribution in [2.45, 2.75) is 6.92 Å². The molecule has 2 aromatic rings. The summed E-state index contributed by atoms with van der Waals surface area (Å²) in [5.41, 5.74) is 1.59. The smallest absolute Gasteiger partial charge is 0.248 e. The lowest BCUT2D eigenvalue weighted by atomic mass is 10.3. The molecule has 0 bridgehead atoms. The molecule has 4 nitrogen and oxygen atoms in total. The third-order valence-corrected chi connectivity index (χ3v) is 2.11. The van der Waals surface area contributed by atoms with Crippen molar-refractivity contribution >= 4 is 17.7 Å². The second-order valence-electron chi connectivity index (χ2n) is 3.52. The highest BCUT2D eigenvalue weighted by Gasteiger charge is 1.98. The van der Waals surface area contributed by atoms with Crippen molar-refractivity contribution in [2.24, 2.45) is 0 Å². The molecular weight excluding hydrogens is 216 g/mol. The molecule has 0 fully saturated rings. The Morgan fingerprint density at radius 1 is 1.47 bits per heavy atom. The molecule has 0 unspecified atom stereocenters. The van der Waals surface area contributed by atoms with Gasteiger partial charge in [0.15, 0.2) is 0 Å². The molecule has 0 saturated carbocycles. The summed E-state index contributed by atoms with van der Waals surface area (Å²) in [6.07, 6.45) is 6.25. The number of anilines is 1. The quantitative estimate of drug-likeness (QED) is 0.821. The van der Waals surface area contributed by atoms with Crippen LogP contribution >= 0.6 is 0 Å². The molecule has 0 aliphatic carbocycles. The predicted octanol–water partition coefficient (Wildman–Crippen LogP) is 2.63. The minimum absolute atomic E-state index is 0.202. The highest BCUT2D eigenvalue weighted by atomic mass is 16.3. The van der Waals surface area contributed by atoms with Gasteiger partial charge in [-0.1, -0.05) is 0 Å². The maximum Gasteiger partial charge on any atom is 0.248 e. The highest BCUT2D eigenvalue weighted by molar-refractivity contribution is 6.01. The van der Waals surface area contributed by atoms with Crippen molar-refractivity contribution in [3.05, 3.63) is 54.3 Å². The van der Waals surface area contributed by atoms with Gasteiger partial charge in [-0.05, 0) is 37.3 Å². The summed E-state index contributed by atoms with van der Waals surface area (Å²) in [5, 5.41) is 2.74. The van der Waals surface area contributed by atoms with Gasteiger partial charge in [0, 0.05) is 23.7 Å². The zero-order valence-electron chi connectivity index (χ0n) is 9.38. The second-order valence-corrected chi connectivity index (χ2v) is 3.52. The molecule has 0 radical (unpaired) electrons. The molecule has 1 N–H and O–H groups in total. The van der Waals surface area contributed by atoms with E-state index in [1.165, 1.54) is 6.08 Å². The minimum atomic E-state index is -0.202. The summed E-state index contributed by atoms with van der Waals surface area (Å²) in [7, 11) is 0. The lowest BCUT2D eigenvalue weighted by Gasteiger charge is -2.01. The first-order chi connectivity index (χ1) is 8.24. The van der Waals surface area contributed by atoms with E-state index in [1.807, 2.05) is 6.92 Å². The molecule has 86 valence electrons. The van der Waals surface area contributed by atoms with Crippen LogP contribution in [0.4, 0.5) is 5.69 Å². The Labute approximate surface area is 99.0 Å². The molecule has 0 spiro atoms. The summed E-state index contributed by atoms with van der Waals surface area (Å²) < 4.78 is 5.08. The third-order valence-electron chi connectivity index (χ3n) is 2.11. The number of carbonyl (C=O) groups is 1. The van der Waals surface area contributed by atoms with Crippen LogP contribution in [0.25, 0.3) is 6.08 Å². The first-order valence-electron chi connectivity index (χ1n) is 5.19. The van der Waals surface area contributed by atoms with Gasteiger partial charge < -0.3 is 9.73 Å². The van der Waals surface area contributed by atoms with Gasteiger partial charge in [0.2, 0.25) is 5.91 Å². The first kappa shape index (κ1) is 11.1. The molecule has 17 heavy (non-hydrogen) atoms. The highest BCUT2D eigenvalue weighted by Crippen LogP contribution is 2.07. The zero-order chi connectivity index (χ0) is 12.1. The maximum atomic E-state index is 11.6. The van der Waals surface area contributed by atoms with Crippen molar-refractivity contribution in [3.8, 4) is 0 Å². The van der Waals surface area contributed by atoms with Crippen LogP contribution in [0.5, 0.6) is 0 Å². The van der Waals surface area contributed by atoms with Gasteiger partial charge in [-0.15, -0.1) is 0 Å². The van der Waals surface area contributed by atoms with Crippen LogP contribution < -0.4 is 5.32 Å². The molecule has 0 aromatic carbocycles. The fourth-order valence-electron chi connectivity index (χ4n) is 1.35. The van der Waals surface area contributed by atoms with Crippen LogP contribution in [0.15, 0.2) is 47.2 Å². The van der Waals surface area contributed by atoms with Crippen LogP contribution in [-0.2, 0) is 4.79 Å². The number of aromatic nitrogens is 1. The molecule has 0 aliphatic heterocycles. The SMILES string of the molecule is Cc1cc(NC(=O)C=Cc2ccco2)ccn1. The van der Waals surface area contributed by atoms with Crippen LogP contribution in [0.2, 0.25) is 0 Å². The molecule has 4 heteroatoms.